The average molecular weight is 330 g/mol. The zero-order chi connectivity index (χ0) is 17.8. The van der Waals surface area contributed by atoms with Gasteiger partial charge in [-0.2, -0.15) is 0 Å². The number of carbonyl (C=O) groups excluding carboxylic acids is 2. The number of urea groups is 1. The lowest BCUT2D eigenvalue weighted by Gasteiger charge is -2.20. The smallest absolute Gasteiger partial charge is 0.309 e. The van der Waals surface area contributed by atoms with Crippen LogP contribution in [0.4, 0.5) is 4.79 Å². The maximum absolute atomic E-state index is 12.8. The Morgan fingerprint density at radius 1 is 0.800 bits per heavy atom. The molecule has 3 aromatic carbocycles. The molecule has 0 saturated heterocycles. The molecule has 4 rings (SSSR count). The van der Waals surface area contributed by atoms with Crippen LogP contribution in [0.5, 0.6) is 0 Å². The second-order valence-electron chi connectivity index (χ2n) is 5.76. The van der Waals surface area contributed by atoms with Gasteiger partial charge < -0.3 is 11.5 Å². The van der Waals surface area contributed by atoms with Crippen molar-refractivity contribution in [3.63, 3.8) is 0 Å². The van der Waals surface area contributed by atoms with Crippen molar-refractivity contribution in [3.05, 3.63) is 89.5 Å². The van der Waals surface area contributed by atoms with Gasteiger partial charge in [0.1, 0.15) is 0 Å². The van der Waals surface area contributed by atoms with Crippen molar-refractivity contribution in [2.24, 2.45) is 11.5 Å². The maximum atomic E-state index is 12.8. The van der Waals surface area contributed by atoms with Gasteiger partial charge in [0, 0.05) is 5.56 Å². The van der Waals surface area contributed by atoms with Crippen LogP contribution in [-0.2, 0) is 0 Å². The van der Waals surface area contributed by atoms with Gasteiger partial charge in [0.05, 0.1) is 5.92 Å². The molecule has 1 aliphatic rings. The van der Waals surface area contributed by atoms with Gasteiger partial charge in [0.15, 0.2) is 5.78 Å². The third-order valence-corrected chi connectivity index (χ3v) is 4.11. The van der Waals surface area contributed by atoms with Crippen LogP contribution in [-0.4, -0.2) is 11.8 Å². The number of hydrogen-bond acceptors (Lipinski definition) is 2. The van der Waals surface area contributed by atoms with Crippen LogP contribution in [0.15, 0.2) is 72.8 Å². The molecule has 0 radical (unpaired) electrons. The Morgan fingerprint density at radius 2 is 1.44 bits per heavy atom. The van der Waals surface area contributed by atoms with Gasteiger partial charge in [-0.3, -0.25) is 4.79 Å². The molecule has 25 heavy (non-hydrogen) atoms. The van der Waals surface area contributed by atoms with E-state index in [1.165, 1.54) is 16.3 Å². The highest BCUT2D eigenvalue weighted by Crippen LogP contribution is 2.36. The van der Waals surface area contributed by atoms with Gasteiger partial charge in [0.2, 0.25) is 0 Å². The molecule has 1 atom stereocenters. The molecule has 124 valence electrons. The van der Waals surface area contributed by atoms with E-state index >= 15 is 0 Å². The Bertz CT molecular complexity index is 953. The zero-order valence-electron chi connectivity index (χ0n) is 13.6. The van der Waals surface area contributed by atoms with Crippen LogP contribution in [0.3, 0.4) is 0 Å². The van der Waals surface area contributed by atoms with Crippen molar-refractivity contribution in [2.45, 2.75) is 5.92 Å². The number of Topliss-reactive ketones (excluding diaryl/α,β-unsaturated/α-hetero) is 1. The summed E-state index contributed by atoms with van der Waals surface area (Å²) in [6.07, 6.45) is 4.09. The van der Waals surface area contributed by atoms with Crippen molar-refractivity contribution in [1.82, 2.24) is 0 Å². The predicted octanol–water partition coefficient (Wildman–Crippen LogP) is 3.86. The van der Waals surface area contributed by atoms with Gasteiger partial charge in [-0.1, -0.05) is 78.9 Å². The molecule has 2 amide bonds. The highest BCUT2D eigenvalue weighted by molar-refractivity contribution is 6.08. The Morgan fingerprint density at radius 3 is 2.12 bits per heavy atom. The first-order chi connectivity index (χ1) is 12.1. The fourth-order valence-corrected chi connectivity index (χ4v) is 3.11. The number of allylic oxidation sites excluding steroid dienone is 1. The molecule has 4 N–H and O–H groups in total. The number of hydrogen-bond donors (Lipinski definition) is 2. The number of benzene rings is 3. The second-order valence-corrected chi connectivity index (χ2v) is 5.76. The van der Waals surface area contributed by atoms with Crippen LogP contribution in [0.25, 0.3) is 16.8 Å². The molecule has 0 heterocycles. The fourth-order valence-electron chi connectivity index (χ4n) is 3.11. The number of carbonyl (C=O) groups is 2. The Kier molecular flexibility index (Phi) is 4.61. The van der Waals surface area contributed by atoms with Crippen LogP contribution < -0.4 is 11.5 Å². The van der Waals surface area contributed by atoms with Gasteiger partial charge in [-0.25, -0.2) is 4.79 Å². The lowest BCUT2D eigenvalue weighted by atomic mass is 9.82. The summed E-state index contributed by atoms with van der Waals surface area (Å²) in [5.41, 5.74) is 11.6. The van der Waals surface area contributed by atoms with Crippen LogP contribution in [0.2, 0.25) is 0 Å². The van der Waals surface area contributed by atoms with E-state index in [4.69, 9.17) is 4.79 Å². The first kappa shape index (κ1) is 16.5. The summed E-state index contributed by atoms with van der Waals surface area (Å²) >= 11 is 0. The summed E-state index contributed by atoms with van der Waals surface area (Å²) in [7, 11) is 0. The third-order valence-electron chi connectivity index (χ3n) is 4.11. The summed E-state index contributed by atoms with van der Waals surface area (Å²) in [4.78, 5) is 21.8. The molecule has 0 aromatic heterocycles. The van der Waals surface area contributed by atoms with Crippen molar-refractivity contribution in [2.75, 3.05) is 0 Å². The summed E-state index contributed by atoms with van der Waals surface area (Å²) in [6.45, 7) is 0. The lowest BCUT2D eigenvalue weighted by molar-refractivity contribution is 0.0977. The third kappa shape index (κ3) is 3.43. The van der Waals surface area contributed by atoms with Gasteiger partial charge in [-0.15, -0.1) is 0 Å². The molecule has 3 aromatic rings. The van der Waals surface area contributed by atoms with Crippen molar-refractivity contribution in [1.29, 1.82) is 0 Å². The minimum atomic E-state index is -0.833. The highest BCUT2D eigenvalue weighted by atomic mass is 16.2. The van der Waals surface area contributed by atoms with E-state index in [-0.39, 0.29) is 11.7 Å². The van der Waals surface area contributed by atoms with E-state index in [1.807, 2.05) is 42.5 Å². The Hall–Kier alpha value is -3.40. The number of primary amides is 2. The average Bonchev–Trinajstić information content (AvgIpc) is 2.62. The van der Waals surface area contributed by atoms with Crippen molar-refractivity contribution >= 4 is 28.7 Å². The van der Waals surface area contributed by atoms with E-state index in [0.717, 1.165) is 11.1 Å². The molecule has 4 heteroatoms. The molecule has 0 bridgehead atoms. The summed E-state index contributed by atoms with van der Waals surface area (Å²) < 4.78 is 0. The molecule has 0 aliphatic heterocycles. The van der Waals surface area contributed by atoms with E-state index in [1.54, 1.807) is 0 Å². The monoisotopic (exact) mass is 330 g/mol. The number of nitrogens with two attached hydrogens (primary N) is 2. The van der Waals surface area contributed by atoms with Crippen LogP contribution in [0.1, 0.15) is 27.4 Å². The molecular formula is C21H18N2O2. The first-order valence-corrected chi connectivity index (χ1v) is 7.92. The number of amides is 2. The molecule has 1 aliphatic carbocycles. The van der Waals surface area contributed by atoms with Gasteiger partial charge in [0.25, 0.3) is 0 Å². The zero-order valence-corrected chi connectivity index (χ0v) is 13.6. The summed E-state index contributed by atoms with van der Waals surface area (Å²) in [5.74, 6) is -0.0279. The van der Waals surface area contributed by atoms with Crippen LogP contribution in [0, 0.1) is 0 Å². The fraction of sp³-hybridized carbons (Fsp3) is 0.0476. The minimum absolute atomic E-state index is 0.161. The molecular weight excluding hydrogens is 312 g/mol. The first-order valence-electron chi connectivity index (χ1n) is 7.92. The van der Waals surface area contributed by atoms with Crippen LogP contribution >= 0.6 is 0 Å². The standard InChI is InChI=1S/C20H14O.CH4N2O/c21-20(16-6-2-1-3-7-16)18-13-12-15-9-4-8-14-10-5-11-17(18)19(14)15;2-1(3)4/h1-13,18H;(H4,2,3,4). The topological polar surface area (TPSA) is 86.2 Å². The van der Waals surface area contributed by atoms with Crippen molar-refractivity contribution in [3.8, 4) is 0 Å². The Balaban J connectivity index is 0.000000415. The van der Waals surface area contributed by atoms with Crippen molar-refractivity contribution < 1.29 is 9.59 Å². The van der Waals surface area contributed by atoms with E-state index in [2.05, 4.69) is 47.9 Å². The second kappa shape index (κ2) is 7.01. The molecule has 0 spiro atoms. The molecule has 0 saturated carbocycles. The largest absolute Gasteiger partial charge is 0.352 e. The number of rotatable bonds is 2. The predicted molar refractivity (Wildman–Crippen MR) is 100 cm³/mol. The summed E-state index contributed by atoms with van der Waals surface area (Å²) in [6, 6.07) is 21.2. The minimum Gasteiger partial charge on any atom is -0.352 e. The summed E-state index contributed by atoms with van der Waals surface area (Å²) in [5, 5.41) is 2.40. The molecule has 1 unspecified atom stereocenters. The van der Waals surface area contributed by atoms with E-state index in [0.29, 0.717) is 0 Å². The maximum Gasteiger partial charge on any atom is 0.309 e. The Labute approximate surface area is 145 Å². The molecule has 4 nitrogen and oxygen atoms in total. The normalized spacial score (nSPS) is 14.5. The SMILES string of the molecule is NC(N)=O.O=C(c1ccccc1)C1C=Cc2cccc3cccc1c23. The van der Waals surface area contributed by atoms with E-state index < -0.39 is 6.03 Å². The highest BCUT2D eigenvalue weighted by Gasteiger charge is 2.24. The number of ketones is 1. The van der Waals surface area contributed by atoms with Gasteiger partial charge in [-0.05, 0) is 21.9 Å². The quantitative estimate of drug-likeness (QED) is 0.699. The van der Waals surface area contributed by atoms with Gasteiger partial charge >= 0.3 is 6.03 Å². The lowest BCUT2D eigenvalue weighted by Crippen LogP contribution is -2.18. The molecule has 0 fully saturated rings. The van der Waals surface area contributed by atoms with E-state index in [9.17, 15) is 4.79 Å².